The van der Waals surface area contributed by atoms with E-state index in [4.69, 9.17) is 16.0 Å². The number of halogens is 1. The highest BCUT2D eigenvalue weighted by molar-refractivity contribution is 6.35. The molecule has 22 heavy (non-hydrogen) atoms. The second kappa shape index (κ2) is 5.81. The fourth-order valence-electron chi connectivity index (χ4n) is 2.29. The molecule has 1 aromatic heterocycles. The van der Waals surface area contributed by atoms with Crippen LogP contribution in [0.5, 0.6) is 0 Å². The summed E-state index contributed by atoms with van der Waals surface area (Å²) in [5.41, 5.74) is 3.92. The number of carbonyl (C=O) groups excluding carboxylic acids is 1. The van der Waals surface area contributed by atoms with Crippen molar-refractivity contribution in [2.75, 3.05) is 5.32 Å². The third-order valence-corrected chi connectivity index (χ3v) is 3.82. The van der Waals surface area contributed by atoms with E-state index in [1.165, 1.54) is 6.92 Å². The number of oxazole rings is 1. The number of nitrogens with one attached hydrogen (secondary N) is 1. The lowest BCUT2D eigenvalue weighted by atomic mass is 10.1. The molecule has 1 heterocycles. The van der Waals surface area contributed by atoms with Gasteiger partial charge in [0.25, 0.3) is 6.01 Å². The lowest BCUT2D eigenvalue weighted by molar-refractivity contribution is -0.116. The van der Waals surface area contributed by atoms with Gasteiger partial charge in [-0.05, 0) is 37.1 Å². The molecule has 0 unspecified atom stereocenters. The molecule has 0 aliphatic rings. The van der Waals surface area contributed by atoms with E-state index in [0.29, 0.717) is 22.1 Å². The quantitative estimate of drug-likeness (QED) is 0.760. The van der Waals surface area contributed by atoms with Crippen LogP contribution in [-0.2, 0) is 11.2 Å². The van der Waals surface area contributed by atoms with Crippen molar-refractivity contribution in [2.45, 2.75) is 20.3 Å². The third kappa shape index (κ3) is 2.83. The zero-order chi connectivity index (χ0) is 15.7. The third-order valence-electron chi connectivity index (χ3n) is 3.40. The topological polar surface area (TPSA) is 55.1 Å². The smallest absolute Gasteiger partial charge is 0.300 e. The number of para-hydroxylation sites is 1. The van der Waals surface area contributed by atoms with Crippen molar-refractivity contribution in [3.05, 3.63) is 52.5 Å². The van der Waals surface area contributed by atoms with Gasteiger partial charge in [-0.25, -0.2) is 0 Å². The minimum atomic E-state index is 0.0547. The zero-order valence-corrected chi connectivity index (χ0v) is 13.1. The van der Waals surface area contributed by atoms with Gasteiger partial charge in [-0.1, -0.05) is 35.9 Å². The van der Waals surface area contributed by atoms with Gasteiger partial charge in [0.15, 0.2) is 5.58 Å². The number of nitrogens with zero attached hydrogens (tertiary/aromatic N) is 1. The van der Waals surface area contributed by atoms with Crippen LogP contribution in [0.25, 0.3) is 11.1 Å². The van der Waals surface area contributed by atoms with E-state index in [9.17, 15) is 4.79 Å². The number of aryl methyl sites for hydroxylation is 1. The Kier molecular flexibility index (Phi) is 3.86. The molecule has 0 spiro atoms. The Morgan fingerprint density at radius 3 is 2.77 bits per heavy atom. The van der Waals surface area contributed by atoms with Crippen LogP contribution in [0.1, 0.15) is 18.1 Å². The molecule has 0 aliphatic heterocycles. The number of hydrogen-bond acceptors (Lipinski definition) is 4. The van der Waals surface area contributed by atoms with E-state index >= 15 is 0 Å². The van der Waals surface area contributed by atoms with Gasteiger partial charge >= 0.3 is 0 Å². The Morgan fingerprint density at radius 2 is 2.05 bits per heavy atom. The van der Waals surface area contributed by atoms with Gasteiger partial charge in [-0.2, -0.15) is 4.98 Å². The molecule has 0 amide bonds. The number of Topliss-reactive ketones (excluding diaryl/α,β-unsaturated/α-hetero) is 1. The van der Waals surface area contributed by atoms with Crippen molar-refractivity contribution in [2.24, 2.45) is 0 Å². The Bertz CT molecular complexity index is 855. The predicted molar refractivity (Wildman–Crippen MR) is 87.9 cm³/mol. The Labute approximate surface area is 133 Å². The fraction of sp³-hybridized carbons (Fsp3) is 0.176. The van der Waals surface area contributed by atoms with Crippen LogP contribution in [-0.4, -0.2) is 10.8 Å². The minimum Gasteiger partial charge on any atom is -0.422 e. The van der Waals surface area contributed by atoms with Crippen LogP contribution in [0.3, 0.4) is 0 Å². The molecular formula is C17H15ClN2O2. The van der Waals surface area contributed by atoms with Crippen LogP contribution in [0.4, 0.5) is 11.7 Å². The molecule has 0 aliphatic carbocycles. The SMILES string of the molecule is CC(=O)Cc1ccc2nc(Nc3ccccc3C)oc2c1Cl. The van der Waals surface area contributed by atoms with Crippen molar-refractivity contribution in [1.82, 2.24) is 4.98 Å². The summed E-state index contributed by atoms with van der Waals surface area (Å²) < 4.78 is 5.71. The van der Waals surface area contributed by atoms with Crippen LogP contribution in [0.2, 0.25) is 5.02 Å². The van der Waals surface area contributed by atoms with Crippen LogP contribution >= 0.6 is 11.6 Å². The molecule has 3 aromatic rings. The zero-order valence-electron chi connectivity index (χ0n) is 12.3. The predicted octanol–water partition coefficient (Wildman–Crippen LogP) is 4.66. The molecule has 0 saturated heterocycles. The molecule has 0 radical (unpaired) electrons. The number of carbonyl (C=O) groups is 1. The molecule has 1 N–H and O–H groups in total. The lowest BCUT2D eigenvalue weighted by Gasteiger charge is -2.04. The summed E-state index contributed by atoms with van der Waals surface area (Å²) in [5, 5.41) is 3.59. The second-order valence-electron chi connectivity index (χ2n) is 5.22. The largest absolute Gasteiger partial charge is 0.422 e. The molecule has 0 saturated carbocycles. The van der Waals surface area contributed by atoms with E-state index in [0.717, 1.165) is 16.8 Å². The first-order chi connectivity index (χ1) is 10.5. The van der Waals surface area contributed by atoms with E-state index in [1.54, 1.807) is 0 Å². The van der Waals surface area contributed by atoms with Crippen LogP contribution in [0.15, 0.2) is 40.8 Å². The number of aromatic nitrogens is 1. The van der Waals surface area contributed by atoms with Gasteiger partial charge in [0, 0.05) is 12.1 Å². The molecule has 0 bridgehead atoms. The normalized spacial score (nSPS) is 10.9. The van der Waals surface area contributed by atoms with E-state index in [-0.39, 0.29) is 12.2 Å². The summed E-state index contributed by atoms with van der Waals surface area (Å²) in [6, 6.07) is 11.9. The summed E-state index contributed by atoms with van der Waals surface area (Å²) >= 11 is 6.32. The monoisotopic (exact) mass is 314 g/mol. The molecule has 3 rings (SSSR count). The average molecular weight is 315 g/mol. The molecular weight excluding hydrogens is 300 g/mol. The summed E-state index contributed by atoms with van der Waals surface area (Å²) in [6.07, 6.45) is 0.288. The number of anilines is 2. The van der Waals surface area contributed by atoms with E-state index in [1.807, 2.05) is 43.3 Å². The Morgan fingerprint density at radius 1 is 1.27 bits per heavy atom. The minimum absolute atomic E-state index is 0.0547. The first kappa shape index (κ1) is 14.6. The van der Waals surface area contributed by atoms with Crippen molar-refractivity contribution in [3.8, 4) is 0 Å². The second-order valence-corrected chi connectivity index (χ2v) is 5.60. The number of hydrogen-bond donors (Lipinski definition) is 1. The summed E-state index contributed by atoms with van der Waals surface area (Å²) in [5.74, 6) is 0.0547. The van der Waals surface area contributed by atoms with E-state index in [2.05, 4.69) is 10.3 Å². The van der Waals surface area contributed by atoms with Gasteiger partial charge in [0.05, 0.1) is 5.02 Å². The Balaban J connectivity index is 1.98. The van der Waals surface area contributed by atoms with Gasteiger partial charge in [-0.3, -0.25) is 4.79 Å². The summed E-state index contributed by atoms with van der Waals surface area (Å²) in [6.45, 7) is 3.54. The molecule has 4 nitrogen and oxygen atoms in total. The molecule has 5 heteroatoms. The van der Waals surface area contributed by atoms with Crippen molar-refractivity contribution in [3.63, 3.8) is 0 Å². The van der Waals surface area contributed by atoms with Crippen LogP contribution < -0.4 is 5.32 Å². The molecule has 112 valence electrons. The average Bonchev–Trinajstić information content (AvgIpc) is 2.88. The summed E-state index contributed by atoms with van der Waals surface area (Å²) in [7, 11) is 0. The maximum atomic E-state index is 11.3. The fourth-order valence-corrected chi connectivity index (χ4v) is 2.55. The maximum Gasteiger partial charge on any atom is 0.300 e. The number of rotatable bonds is 4. The van der Waals surface area contributed by atoms with Gasteiger partial charge in [-0.15, -0.1) is 0 Å². The number of fused-ring (bicyclic) bond motifs is 1. The molecule has 0 fully saturated rings. The standard InChI is InChI=1S/C17H15ClN2O2/c1-10-5-3-4-6-13(10)19-17-20-14-8-7-12(9-11(2)21)15(18)16(14)22-17/h3-8H,9H2,1-2H3,(H,19,20). The highest BCUT2D eigenvalue weighted by Gasteiger charge is 2.14. The number of benzene rings is 2. The van der Waals surface area contributed by atoms with Gasteiger partial charge in [0.1, 0.15) is 11.3 Å². The van der Waals surface area contributed by atoms with Crippen molar-refractivity contribution in [1.29, 1.82) is 0 Å². The molecule has 2 aromatic carbocycles. The van der Waals surface area contributed by atoms with Crippen molar-refractivity contribution < 1.29 is 9.21 Å². The highest BCUT2D eigenvalue weighted by Crippen LogP contribution is 2.31. The molecule has 0 atom stereocenters. The first-order valence-corrected chi connectivity index (χ1v) is 7.32. The van der Waals surface area contributed by atoms with Crippen LogP contribution in [0, 0.1) is 6.92 Å². The van der Waals surface area contributed by atoms with Gasteiger partial charge in [0.2, 0.25) is 0 Å². The first-order valence-electron chi connectivity index (χ1n) is 6.94. The maximum absolute atomic E-state index is 11.3. The number of ketones is 1. The van der Waals surface area contributed by atoms with E-state index < -0.39 is 0 Å². The summed E-state index contributed by atoms with van der Waals surface area (Å²) in [4.78, 5) is 15.7. The highest BCUT2D eigenvalue weighted by atomic mass is 35.5. The Hall–Kier alpha value is -2.33. The van der Waals surface area contributed by atoms with Crippen molar-refractivity contribution >= 4 is 40.2 Å². The lowest BCUT2D eigenvalue weighted by Crippen LogP contribution is -1.96. The van der Waals surface area contributed by atoms with Gasteiger partial charge < -0.3 is 9.73 Å².